The van der Waals surface area contributed by atoms with Gasteiger partial charge in [0, 0.05) is 25.4 Å². The minimum Gasteiger partial charge on any atom is -0.491 e. The molecule has 1 rings (SSSR count). The van der Waals surface area contributed by atoms with Crippen molar-refractivity contribution in [2.45, 2.75) is 20.3 Å². The third-order valence-corrected chi connectivity index (χ3v) is 2.44. The van der Waals surface area contributed by atoms with E-state index in [4.69, 9.17) is 9.47 Å². The first-order chi connectivity index (χ1) is 8.22. The zero-order valence-corrected chi connectivity index (χ0v) is 11.0. The molecule has 0 radical (unpaired) electrons. The molecule has 96 valence electrons. The molecule has 0 aliphatic heterocycles. The van der Waals surface area contributed by atoms with Gasteiger partial charge in [0.25, 0.3) is 0 Å². The Morgan fingerprint density at radius 2 is 2.06 bits per heavy atom. The number of hydrogen-bond acceptors (Lipinski definition) is 3. The number of hydrogen-bond donors (Lipinski definition) is 1. The fraction of sp³-hybridized carbons (Fsp3) is 0.571. The molecular weight excluding hydrogens is 214 g/mol. The van der Waals surface area contributed by atoms with Gasteiger partial charge in [-0.1, -0.05) is 19.9 Å². The normalized spacial score (nSPS) is 10.6. The number of anilines is 1. The van der Waals surface area contributed by atoms with E-state index in [0.717, 1.165) is 23.9 Å². The fourth-order valence-electron chi connectivity index (χ4n) is 1.44. The van der Waals surface area contributed by atoms with Gasteiger partial charge in [-0.2, -0.15) is 0 Å². The van der Waals surface area contributed by atoms with E-state index in [9.17, 15) is 0 Å². The number of ether oxygens (including phenoxy) is 2. The van der Waals surface area contributed by atoms with Gasteiger partial charge in [-0.05, 0) is 24.5 Å². The van der Waals surface area contributed by atoms with E-state index in [0.29, 0.717) is 13.2 Å². The zero-order chi connectivity index (χ0) is 12.5. The predicted molar refractivity (Wildman–Crippen MR) is 71.8 cm³/mol. The van der Waals surface area contributed by atoms with Crippen molar-refractivity contribution in [3.05, 3.63) is 24.3 Å². The molecule has 0 saturated heterocycles. The van der Waals surface area contributed by atoms with Crippen molar-refractivity contribution in [1.82, 2.24) is 0 Å². The molecule has 0 bridgehead atoms. The van der Waals surface area contributed by atoms with Gasteiger partial charge in [-0.3, -0.25) is 0 Å². The van der Waals surface area contributed by atoms with Gasteiger partial charge in [-0.25, -0.2) is 0 Å². The van der Waals surface area contributed by atoms with Gasteiger partial charge < -0.3 is 14.8 Å². The van der Waals surface area contributed by atoms with Crippen LogP contribution in [0, 0.1) is 5.92 Å². The molecule has 3 heteroatoms. The summed E-state index contributed by atoms with van der Waals surface area (Å²) in [4.78, 5) is 0. The maximum atomic E-state index is 5.55. The van der Waals surface area contributed by atoms with Gasteiger partial charge in [0.2, 0.25) is 0 Å². The van der Waals surface area contributed by atoms with E-state index >= 15 is 0 Å². The fourth-order valence-corrected chi connectivity index (χ4v) is 1.44. The first-order valence-corrected chi connectivity index (χ1v) is 6.18. The highest BCUT2D eigenvalue weighted by molar-refractivity contribution is 5.48. The third kappa shape index (κ3) is 6.17. The van der Waals surface area contributed by atoms with Crippen molar-refractivity contribution in [3.8, 4) is 5.75 Å². The summed E-state index contributed by atoms with van der Waals surface area (Å²) in [6, 6.07) is 8.04. The lowest BCUT2D eigenvalue weighted by Gasteiger charge is -2.10. The molecule has 0 amide bonds. The van der Waals surface area contributed by atoms with Gasteiger partial charge in [0.15, 0.2) is 0 Å². The summed E-state index contributed by atoms with van der Waals surface area (Å²) in [5.41, 5.74) is 1.11. The Balaban J connectivity index is 2.37. The van der Waals surface area contributed by atoms with Crippen molar-refractivity contribution in [3.63, 3.8) is 0 Å². The Labute approximate surface area is 104 Å². The topological polar surface area (TPSA) is 30.5 Å². The molecule has 0 fully saturated rings. The van der Waals surface area contributed by atoms with Gasteiger partial charge >= 0.3 is 0 Å². The summed E-state index contributed by atoms with van der Waals surface area (Å²) in [5.74, 6) is 1.61. The molecular formula is C14H23NO2. The largest absolute Gasteiger partial charge is 0.491 e. The van der Waals surface area contributed by atoms with E-state index in [-0.39, 0.29) is 0 Å². The summed E-state index contributed by atoms with van der Waals surface area (Å²) in [5, 5.41) is 3.40. The zero-order valence-electron chi connectivity index (χ0n) is 11.0. The van der Waals surface area contributed by atoms with Crippen LogP contribution in [0.1, 0.15) is 20.3 Å². The quantitative estimate of drug-likeness (QED) is 0.704. The number of benzene rings is 1. The molecule has 0 spiro atoms. The molecule has 17 heavy (non-hydrogen) atoms. The monoisotopic (exact) mass is 237 g/mol. The molecule has 0 heterocycles. The second-order valence-electron chi connectivity index (χ2n) is 4.48. The SMILES string of the molecule is COCCOc1cccc(NCCC(C)C)c1. The summed E-state index contributed by atoms with van der Waals surface area (Å²) in [6.45, 7) is 6.66. The lowest BCUT2D eigenvalue weighted by Crippen LogP contribution is -2.06. The minimum atomic E-state index is 0.589. The van der Waals surface area contributed by atoms with Crippen molar-refractivity contribution >= 4 is 5.69 Å². The molecule has 1 aromatic rings. The lowest BCUT2D eigenvalue weighted by atomic mass is 10.1. The highest BCUT2D eigenvalue weighted by Crippen LogP contribution is 2.17. The summed E-state index contributed by atoms with van der Waals surface area (Å²) >= 11 is 0. The van der Waals surface area contributed by atoms with E-state index in [1.54, 1.807) is 7.11 Å². The van der Waals surface area contributed by atoms with Crippen LogP contribution in [0.5, 0.6) is 5.75 Å². The average Bonchev–Trinajstić information content (AvgIpc) is 2.29. The van der Waals surface area contributed by atoms with E-state index in [1.165, 1.54) is 6.42 Å². The van der Waals surface area contributed by atoms with Crippen LogP contribution in [0.25, 0.3) is 0 Å². The average molecular weight is 237 g/mol. The Bertz CT molecular complexity index is 313. The Hall–Kier alpha value is -1.22. The summed E-state index contributed by atoms with van der Waals surface area (Å²) in [6.07, 6.45) is 1.18. The van der Waals surface area contributed by atoms with Crippen LogP contribution >= 0.6 is 0 Å². The first kappa shape index (κ1) is 13.8. The Morgan fingerprint density at radius 3 is 2.76 bits per heavy atom. The summed E-state index contributed by atoms with van der Waals surface area (Å²) in [7, 11) is 1.67. The highest BCUT2D eigenvalue weighted by Gasteiger charge is 1.98. The van der Waals surface area contributed by atoms with Crippen molar-refractivity contribution in [1.29, 1.82) is 0 Å². The van der Waals surface area contributed by atoms with Gasteiger partial charge in [0.05, 0.1) is 6.61 Å². The molecule has 0 atom stereocenters. The van der Waals surface area contributed by atoms with Crippen LogP contribution in [-0.4, -0.2) is 26.9 Å². The van der Waals surface area contributed by atoms with E-state index < -0.39 is 0 Å². The van der Waals surface area contributed by atoms with Crippen LogP contribution in [0.2, 0.25) is 0 Å². The smallest absolute Gasteiger partial charge is 0.121 e. The Kier molecular flexibility index (Phi) is 6.48. The predicted octanol–water partition coefficient (Wildman–Crippen LogP) is 3.17. The van der Waals surface area contributed by atoms with Crippen LogP contribution in [0.15, 0.2) is 24.3 Å². The molecule has 3 nitrogen and oxygen atoms in total. The van der Waals surface area contributed by atoms with Crippen LogP contribution in [0.3, 0.4) is 0 Å². The lowest BCUT2D eigenvalue weighted by molar-refractivity contribution is 0.146. The van der Waals surface area contributed by atoms with Crippen molar-refractivity contribution in [2.24, 2.45) is 5.92 Å². The Morgan fingerprint density at radius 1 is 1.24 bits per heavy atom. The molecule has 0 aliphatic carbocycles. The molecule has 0 unspecified atom stereocenters. The van der Waals surface area contributed by atoms with Crippen LogP contribution in [-0.2, 0) is 4.74 Å². The highest BCUT2D eigenvalue weighted by atomic mass is 16.5. The number of rotatable bonds is 8. The molecule has 0 saturated carbocycles. The standard InChI is InChI=1S/C14H23NO2/c1-12(2)7-8-15-13-5-4-6-14(11-13)17-10-9-16-3/h4-6,11-12,15H,7-10H2,1-3H3. The second kappa shape index (κ2) is 7.96. The molecule has 0 aromatic heterocycles. The van der Waals surface area contributed by atoms with Crippen molar-refractivity contribution < 1.29 is 9.47 Å². The van der Waals surface area contributed by atoms with Gasteiger partial charge in [0.1, 0.15) is 12.4 Å². The molecule has 1 N–H and O–H groups in total. The second-order valence-corrected chi connectivity index (χ2v) is 4.48. The van der Waals surface area contributed by atoms with E-state index in [2.05, 4.69) is 25.2 Å². The first-order valence-electron chi connectivity index (χ1n) is 6.18. The van der Waals surface area contributed by atoms with Crippen LogP contribution < -0.4 is 10.1 Å². The van der Waals surface area contributed by atoms with Crippen molar-refractivity contribution in [2.75, 3.05) is 32.2 Å². The molecule has 0 aliphatic rings. The van der Waals surface area contributed by atoms with E-state index in [1.807, 2.05) is 18.2 Å². The summed E-state index contributed by atoms with van der Waals surface area (Å²) < 4.78 is 10.5. The maximum Gasteiger partial charge on any atom is 0.121 e. The maximum absolute atomic E-state index is 5.55. The minimum absolute atomic E-state index is 0.589. The third-order valence-electron chi connectivity index (χ3n) is 2.44. The number of nitrogens with one attached hydrogen (secondary N) is 1. The van der Waals surface area contributed by atoms with Gasteiger partial charge in [-0.15, -0.1) is 0 Å². The number of methoxy groups -OCH3 is 1. The molecule has 1 aromatic carbocycles. The van der Waals surface area contributed by atoms with Crippen LogP contribution in [0.4, 0.5) is 5.69 Å².